The van der Waals surface area contributed by atoms with Gasteiger partial charge < -0.3 is 20.5 Å². The quantitative estimate of drug-likeness (QED) is 0.775. The molecule has 0 saturated carbocycles. The average molecular weight is 292 g/mol. The number of rotatable bonds is 6. The van der Waals surface area contributed by atoms with Gasteiger partial charge in [0, 0.05) is 6.54 Å². The molecule has 2 rings (SSSR count). The Morgan fingerprint density at radius 2 is 2.10 bits per heavy atom. The zero-order chi connectivity index (χ0) is 15.2. The fourth-order valence-corrected chi connectivity index (χ4v) is 2.54. The molecular formula is C16H24N2O3. The molecule has 5 heteroatoms. The molecule has 1 aliphatic heterocycles. The smallest absolute Gasteiger partial charge is 0.249 e. The molecule has 21 heavy (non-hydrogen) atoms. The third-order valence-electron chi connectivity index (χ3n) is 3.72. The van der Waals surface area contributed by atoms with Crippen molar-refractivity contribution in [3.8, 4) is 5.75 Å². The van der Waals surface area contributed by atoms with Crippen molar-refractivity contribution in [2.75, 3.05) is 19.7 Å². The SMILES string of the molecule is Cc1cccc(C)c1OCCNC(=O)[C@@H]1CC[C@H](CN)O1. The molecule has 1 heterocycles. The summed E-state index contributed by atoms with van der Waals surface area (Å²) in [5.41, 5.74) is 7.74. The van der Waals surface area contributed by atoms with Crippen LogP contribution in [0, 0.1) is 13.8 Å². The van der Waals surface area contributed by atoms with Gasteiger partial charge in [0.1, 0.15) is 18.5 Å². The average Bonchev–Trinajstić information content (AvgIpc) is 2.95. The number of aryl methyl sites for hydroxylation is 2. The van der Waals surface area contributed by atoms with Crippen molar-refractivity contribution in [2.24, 2.45) is 5.73 Å². The van der Waals surface area contributed by atoms with Crippen molar-refractivity contribution in [3.63, 3.8) is 0 Å². The highest BCUT2D eigenvalue weighted by molar-refractivity contribution is 5.81. The largest absolute Gasteiger partial charge is 0.491 e. The van der Waals surface area contributed by atoms with E-state index in [1.54, 1.807) is 0 Å². The van der Waals surface area contributed by atoms with Crippen LogP contribution in [0.5, 0.6) is 5.75 Å². The molecular weight excluding hydrogens is 268 g/mol. The molecule has 1 amide bonds. The molecule has 1 fully saturated rings. The minimum Gasteiger partial charge on any atom is -0.491 e. The topological polar surface area (TPSA) is 73.6 Å². The second-order valence-electron chi connectivity index (χ2n) is 5.42. The maximum Gasteiger partial charge on any atom is 0.249 e. The molecule has 3 N–H and O–H groups in total. The number of ether oxygens (including phenoxy) is 2. The van der Waals surface area contributed by atoms with Gasteiger partial charge in [0.25, 0.3) is 0 Å². The molecule has 1 aliphatic rings. The first-order valence-corrected chi connectivity index (χ1v) is 7.44. The summed E-state index contributed by atoms with van der Waals surface area (Å²) in [6.45, 7) is 5.42. The fourth-order valence-electron chi connectivity index (χ4n) is 2.54. The Labute approximate surface area is 125 Å². The van der Waals surface area contributed by atoms with Crippen LogP contribution in [0.4, 0.5) is 0 Å². The summed E-state index contributed by atoms with van der Waals surface area (Å²) in [5.74, 6) is 0.822. The number of nitrogens with one attached hydrogen (secondary N) is 1. The molecule has 0 unspecified atom stereocenters. The third kappa shape index (κ3) is 4.19. The van der Waals surface area contributed by atoms with Crippen LogP contribution in [-0.4, -0.2) is 37.8 Å². The normalized spacial score (nSPS) is 21.3. The lowest BCUT2D eigenvalue weighted by atomic mass is 10.1. The molecule has 0 aliphatic carbocycles. The van der Waals surface area contributed by atoms with E-state index in [0.29, 0.717) is 19.7 Å². The summed E-state index contributed by atoms with van der Waals surface area (Å²) in [7, 11) is 0. The zero-order valence-electron chi connectivity index (χ0n) is 12.7. The summed E-state index contributed by atoms with van der Waals surface area (Å²) < 4.78 is 11.3. The Morgan fingerprint density at radius 1 is 1.38 bits per heavy atom. The Bertz CT molecular complexity index is 470. The molecule has 2 atom stereocenters. The first-order valence-electron chi connectivity index (χ1n) is 7.44. The predicted molar refractivity (Wildman–Crippen MR) is 81.4 cm³/mol. The Balaban J connectivity index is 1.71. The van der Waals surface area contributed by atoms with Crippen molar-refractivity contribution in [1.29, 1.82) is 0 Å². The monoisotopic (exact) mass is 292 g/mol. The van der Waals surface area contributed by atoms with Gasteiger partial charge in [-0.05, 0) is 37.8 Å². The molecule has 1 saturated heterocycles. The van der Waals surface area contributed by atoms with Gasteiger partial charge in [-0.3, -0.25) is 4.79 Å². The third-order valence-corrected chi connectivity index (χ3v) is 3.72. The second-order valence-corrected chi connectivity index (χ2v) is 5.42. The van der Waals surface area contributed by atoms with Crippen molar-refractivity contribution in [1.82, 2.24) is 5.32 Å². The lowest BCUT2D eigenvalue weighted by molar-refractivity contribution is -0.131. The van der Waals surface area contributed by atoms with E-state index < -0.39 is 0 Å². The van der Waals surface area contributed by atoms with E-state index >= 15 is 0 Å². The Hall–Kier alpha value is -1.59. The van der Waals surface area contributed by atoms with E-state index in [4.69, 9.17) is 15.2 Å². The van der Waals surface area contributed by atoms with Crippen LogP contribution in [0.25, 0.3) is 0 Å². The molecule has 0 bridgehead atoms. The minimum absolute atomic E-state index is 0.0200. The van der Waals surface area contributed by atoms with E-state index in [0.717, 1.165) is 29.7 Å². The molecule has 1 aromatic carbocycles. The highest BCUT2D eigenvalue weighted by Crippen LogP contribution is 2.22. The van der Waals surface area contributed by atoms with Crippen LogP contribution in [-0.2, 0) is 9.53 Å². The molecule has 1 aromatic rings. The number of amides is 1. The van der Waals surface area contributed by atoms with E-state index in [1.807, 2.05) is 32.0 Å². The predicted octanol–water partition coefficient (Wildman–Crippen LogP) is 1.30. The number of hydrogen-bond donors (Lipinski definition) is 2. The van der Waals surface area contributed by atoms with Gasteiger partial charge in [-0.1, -0.05) is 18.2 Å². The standard InChI is InChI=1S/C16H24N2O3/c1-11-4-3-5-12(2)15(11)20-9-8-18-16(19)14-7-6-13(10-17)21-14/h3-5,13-14H,6-10,17H2,1-2H3,(H,18,19)/t13-,14+/m1/s1. The van der Waals surface area contributed by atoms with Gasteiger partial charge in [0.15, 0.2) is 0 Å². The number of carbonyl (C=O) groups excluding carboxylic acids is 1. The summed E-state index contributed by atoms with van der Waals surface area (Å²) in [6.07, 6.45) is 1.25. The van der Waals surface area contributed by atoms with Crippen LogP contribution in [0.2, 0.25) is 0 Å². The van der Waals surface area contributed by atoms with E-state index in [1.165, 1.54) is 0 Å². The van der Waals surface area contributed by atoms with E-state index in [9.17, 15) is 4.79 Å². The van der Waals surface area contributed by atoms with Crippen LogP contribution in [0.1, 0.15) is 24.0 Å². The van der Waals surface area contributed by atoms with Crippen LogP contribution < -0.4 is 15.8 Å². The van der Waals surface area contributed by atoms with Gasteiger partial charge in [0.05, 0.1) is 12.6 Å². The zero-order valence-corrected chi connectivity index (χ0v) is 12.7. The second kappa shape index (κ2) is 7.43. The van der Waals surface area contributed by atoms with Crippen LogP contribution in [0.15, 0.2) is 18.2 Å². The number of carbonyl (C=O) groups is 1. The fraction of sp³-hybridized carbons (Fsp3) is 0.562. The van der Waals surface area contributed by atoms with Crippen molar-refractivity contribution in [2.45, 2.75) is 38.9 Å². The minimum atomic E-state index is -0.362. The van der Waals surface area contributed by atoms with Crippen LogP contribution in [0.3, 0.4) is 0 Å². The molecule has 0 aromatic heterocycles. The van der Waals surface area contributed by atoms with Gasteiger partial charge in [-0.15, -0.1) is 0 Å². The lowest BCUT2D eigenvalue weighted by Gasteiger charge is -2.14. The first kappa shape index (κ1) is 15.8. The number of benzene rings is 1. The molecule has 116 valence electrons. The Morgan fingerprint density at radius 3 is 2.71 bits per heavy atom. The molecule has 0 radical (unpaired) electrons. The van der Waals surface area contributed by atoms with Crippen molar-refractivity contribution < 1.29 is 14.3 Å². The van der Waals surface area contributed by atoms with Crippen molar-refractivity contribution in [3.05, 3.63) is 29.3 Å². The Kier molecular flexibility index (Phi) is 5.59. The van der Waals surface area contributed by atoms with E-state index in [2.05, 4.69) is 5.32 Å². The van der Waals surface area contributed by atoms with Gasteiger partial charge in [0.2, 0.25) is 5.91 Å². The summed E-state index contributed by atoms with van der Waals surface area (Å²) in [4.78, 5) is 11.9. The first-order chi connectivity index (χ1) is 10.1. The van der Waals surface area contributed by atoms with Gasteiger partial charge in [-0.25, -0.2) is 0 Å². The van der Waals surface area contributed by atoms with Crippen LogP contribution >= 0.6 is 0 Å². The highest BCUT2D eigenvalue weighted by Gasteiger charge is 2.29. The summed E-state index contributed by atoms with van der Waals surface area (Å²) in [6, 6.07) is 6.03. The number of para-hydroxylation sites is 1. The maximum atomic E-state index is 11.9. The van der Waals surface area contributed by atoms with Crippen molar-refractivity contribution >= 4 is 5.91 Å². The molecule has 0 spiro atoms. The highest BCUT2D eigenvalue weighted by atomic mass is 16.5. The van der Waals surface area contributed by atoms with Gasteiger partial charge >= 0.3 is 0 Å². The van der Waals surface area contributed by atoms with Gasteiger partial charge in [-0.2, -0.15) is 0 Å². The summed E-state index contributed by atoms with van der Waals surface area (Å²) in [5, 5.41) is 2.85. The lowest BCUT2D eigenvalue weighted by Crippen LogP contribution is -2.37. The maximum absolute atomic E-state index is 11.9. The van der Waals surface area contributed by atoms with E-state index in [-0.39, 0.29) is 18.1 Å². The number of nitrogens with two attached hydrogens (primary N) is 1. The summed E-state index contributed by atoms with van der Waals surface area (Å²) >= 11 is 0. The molecule has 5 nitrogen and oxygen atoms in total. The number of hydrogen-bond acceptors (Lipinski definition) is 4.